The van der Waals surface area contributed by atoms with Crippen molar-refractivity contribution in [2.75, 3.05) is 46.8 Å². The van der Waals surface area contributed by atoms with Gasteiger partial charge in [0.25, 0.3) is 0 Å². The predicted octanol–water partition coefficient (Wildman–Crippen LogP) is 2.09. The molecule has 2 rings (SSSR count). The quantitative estimate of drug-likeness (QED) is 0.536. The maximum atomic E-state index is 11.6. The van der Waals surface area contributed by atoms with Crippen LogP contribution < -0.4 is 10.6 Å². The van der Waals surface area contributed by atoms with E-state index in [0.717, 1.165) is 57.3 Å². The fourth-order valence-corrected chi connectivity index (χ4v) is 3.79. The van der Waals surface area contributed by atoms with Crippen molar-refractivity contribution in [2.24, 2.45) is 10.9 Å². The molecule has 27 heavy (non-hydrogen) atoms. The Hall–Kier alpha value is -2.02. The van der Waals surface area contributed by atoms with Crippen LogP contribution in [0.1, 0.15) is 44.9 Å². The van der Waals surface area contributed by atoms with Gasteiger partial charge in [-0.1, -0.05) is 13.8 Å². The fraction of sp³-hybridized carbons (Fsp3) is 0.700. The van der Waals surface area contributed by atoms with Crippen LogP contribution in [-0.2, 0) is 4.79 Å². The van der Waals surface area contributed by atoms with Gasteiger partial charge in [-0.25, -0.2) is 0 Å². The molecule has 0 spiro atoms. The maximum Gasteiger partial charge on any atom is 0.220 e. The molecule has 7 nitrogen and oxygen atoms in total. The summed E-state index contributed by atoms with van der Waals surface area (Å²) >= 11 is 0. The number of nitrogens with zero attached hydrogens (tertiary/aromatic N) is 3. The van der Waals surface area contributed by atoms with Crippen LogP contribution in [0.15, 0.2) is 27.8 Å². The third-order valence-electron chi connectivity index (χ3n) is 5.46. The zero-order chi connectivity index (χ0) is 19.6. The first-order chi connectivity index (χ1) is 13.1. The van der Waals surface area contributed by atoms with Gasteiger partial charge >= 0.3 is 0 Å². The minimum absolute atomic E-state index is 0.136. The Morgan fingerprint density at radius 3 is 2.59 bits per heavy atom. The monoisotopic (exact) mass is 377 g/mol. The maximum absolute atomic E-state index is 11.6. The van der Waals surface area contributed by atoms with E-state index < -0.39 is 0 Å². The number of likely N-dealkylation sites (N-methyl/N-ethyl adjacent to an activating group) is 1. The van der Waals surface area contributed by atoms with Crippen molar-refractivity contribution in [3.63, 3.8) is 0 Å². The number of aliphatic imine (C=N–C) groups is 1. The SMILES string of the molecule is CCN(CC)C(CNC(=NC)N1CCC(CC(=O)NC)CC1)c1ccco1. The van der Waals surface area contributed by atoms with Gasteiger partial charge < -0.3 is 20.0 Å². The highest BCUT2D eigenvalue weighted by Gasteiger charge is 2.25. The van der Waals surface area contributed by atoms with Crippen molar-refractivity contribution >= 4 is 11.9 Å². The first kappa shape index (κ1) is 21.3. The van der Waals surface area contributed by atoms with Crippen molar-refractivity contribution in [3.05, 3.63) is 24.2 Å². The van der Waals surface area contributed by atoms with Crippen molar-refractivity contribution < 1.29 is 9.21 Å². The van der Waals surface area contributed by atoms with Gasteiger partial charge in [-0.15, -0.1) is 0 Å². The number of nitrogens with one attached hydrogen (secondary N) is 2. The largest absolute Gasteiger partial charge is 0.468 e. The van der Waals surface area contributed by atoms with Crippen LogP contribution in [-0.4, -0.2) is 68.5 Å². The zero-order valence-corrected chi connectivity index (χ0v) is 17.2. The molecule has 152 valence electrons. The molecule has 1 aromatic heterocycles. The van der Waals surface area contributed by atoms with Crippen LogP contribution >= 0.6 is 0 Å². The number of amides is 1. The van der Waals surface area contributed by atoms with Gasteiger partial charge in [-0.05, 0) is 44.0 Å². The smallest absolute Gasteiger partial charge is 0.220 e. The Morgan fingerprint density at radius 1 is 1.37 bits per heavy atom. The molecule has 0 bridgehead atoms. The van der Waals surface area contributed by atoms with E-state index in [2.05, 4.69) is 39.3 Å². The van der Waals surface area contributed by atoms with E-state index in [1.54, 1.807) is 13.3 Å². The number of furan rings is 1. The van der Waals surface area contributed by atoms with Crippen molar-refractivity contribution in [2.45, 2.75) is 39.2 Å². The van der Waals surface area contributed by atoms with Crippen LogP contribution in [0.3, 0.4) is 0 Å². The highest BCUT2D eigenvalue weighted by molar-refractivity contribution is 5.80. The van der Waals surface area contributed by atoms with Crippen LogP contribution in [0.2, 0.25) is 0 Å². The van der Waals surface area contributed by atoms with Gasteiger partial charge in [0.05, 0.1) is 12.3 Å². The van der Waals surface area contributed by atoms with Crippen LogP contribution in [0.5, 0.6) is 0 Å². The van der Waals surface area contributed by atoms with E-state index >= 15 is 0 Å². The van der Waals surface area contributed by atoms with E-state index in [0.29, 0.717) is 12.3 Å². The second-order valence-corrected chi connectivity index (χ2v) is 6.99. The predicted molar refractivity (Wildman–Crippen MR) is 109 cm³/mol. The van der Waals surface area contributed by atoms with Gasteiger partial charge in [0.15, 0.2) is 5.96 Å². The Bertz CT molecular complexity index is 575. The molecule has 1 saturated heterocycles. The lowest BCUT2D eigenvalue weighted by Crippen LogP contribution is -2.48. The van der Waals surface area contributed by atoms with E-state index in [1.165, 1.54) is 0 Å². The lowest BCUT2D eigenvalue weighted by Gasteiger charge is -2.35. The first-order valence-corrected chi connectivity index (χ1v) is 10.1. The number of carbonyl (C=O) groups excluding carboxylic acids is 1. The van der Waals surface area contributed by atoms with Gasteiger partial charge in [0.2, 0.25) is 5.91 Å². The lowest BCUT2D eigenvalue weighted by molar-refractivity contribution is -0.121. The molecule has 7 heteroatoms. The summed E-state index contributed by atoms with van der Waals surface area (Å²) in [4.78, 5) is 20.7. The number of carbonyl (C=O) groups is 1. The average molecular weight is 378 g/mol. The molecule has 1 atom stereocenters. The minimum atomic E-state index is 0.136. The molecule has 1 aliphatic rings. The summed E-state index contributed by atoms with van der Waals surface area (Å²) in [5, 5.41) is 6.26. The van der Waals surface area contributed by atoms with Gasteiger partial charge in [-0.3, -0.25) is 14.7 Å². The molecule has 0 radical (unpaired) electrons. The van der Waals surface area contributed by atoms with E-state index in [1.807, 2.05) is 19.2 Å². The van der Waals surface area contributed by atoms with E-state index in [-0.39, 0.29) is 11.9 Å². The second-order valence-electron chi connectivity index (χ2n) is 6.99. The van der Waals surface area contributed by atoms with E-state index in [9.17, 15) is 4.79 Å². The summed E-state index contributed by atoms with van der Waals surface area (Å²) in [6.45, 7) is 8.88. The van der Waals surface area contributed by atoms with Crippen LogP contribution in [0, 0.1) is 5.92 Å². The molecule has 0 aromatic carbocycles. The third-order valence-corrected chi connectivity index (χ3v) is 5.46. The first-order valence-electron chi connectivity index (χ1n) is 10.1. The molecular weight excluding hydrogens is 342 g/mol. The fourth-order valence-electron chi connectivity index (χ4n) is 3.79. The summed E-state index contributed by atoms with van der Waals surface area (Å²) in [7, 11) is 3.53. The average Bonchev–Trinajstić information content (AvgIpc) is 3.23. The summed E-state index contributed by atoms with van der Waals surface area (Å²) in [5.41, 5.74) is 0. The number of likely N-dealkylation sites (tertiary alicyclic amines) is 1. The van der Waals surface area contributed by atoms with Crippen LogP contribution in [0.25, 0.3) is 0 Å². The normalized spacial score (nSPS) is 17.2. The summed E-state index contributed by atoms with van der Waals surface area (Å²) in [6, 6.07) is 4.16. The molecule has 1 fully saturated rings. The minimum Gasteiger partial charge on any atom is -0.468 e. The number of piperidine rings is 1. The Kier molecular flexibility index (Phi) is 8.64. The van der Waals surface area contributed by atoms with Crippen molar-refractivity contribution in [1.29, 1.82) is 0 Å². The van der Waals surface area contributed by atoms with E-state index in [4.69, 9.17) is 4.42 Å². The zero-order valence-electron chi connectivity index (χ0n) is 17.2. The summed E-state index contributed by atoms with van der Waals surface area (Å²) in [6.07, 6.45) is 4.40. The van der Waals surface area contributed by atoms with Crippen molar-refractivity contribution in [3.8, 4) is 0 Å². The molecule has 1 amide bonds. The van der Waals surface area contributed by atoms with Gasteiger partial charge in [0.1, 0.15) is 5.76 Å². The number of hydrogen-bond donors (Lipinski definition) is 2. The van der Waals surface area contributed by atoms with Gasteiger partial charge in [0, 0.05) is 40.2 Å². The molecule has 0 saturated carbocycles. The topological polar surface area (TPSA) is 73.1 Å². The standard InChI is InChI=1S/C20H35N5O2/c1-5-24(6-2)17(18-8-7-13-27-18)15-23-20(22-4)25-11-9-16(10-12-25)14-19(26)21-3/h7-8,13,16-17H,5-6,9-12,14-15H2,1-4H3,(H,21,26)(H,22,23). The Balaban J connectivity index is 1.91. The number of rotatable bonds is 8. The molecule has 1 unspecified atom stereocenters. The Labute approximate surface area is 163 Å². The molecule has 2 N–H and O–H groups in total. The second kappa shape index (κ2) is 11.0. The highest BCUT2D eigenvalue weighted by Crippen LogP contribution is 2.22. The van der Waals surface area contributed by atoms with Gasteiger partial charge in [-0.2, -0.15) is 0 Å². The van der Waals surface area contributed by atoms with Crippen LogP contribution in [0.4, 0.5) is 0 Å². The Morgan fingerprint density at radius 2 is 2.07 bits per heavy atom. The molecule has 2 heterocycles. The summed E-state index contributed by atoms with van der Waals surface area (Å²) in [5.74, 6) is 2.50. The molecule has 1 aliphatic heterocycles. The third kappa shape index (κ3) is 5.99. The summed E-state index contributed by atoms with van der Waals surface area (Å²) < 4.78 is 5.68. The van der Waals surface area contributed by atoms with Crippen molar-refractivity contribution in [1.82, 2.24) is 20.4 Å². The molecular formula is C20H35N5O2. The molecule has 1 aromatic rings. The number of guanidine groups is 1. The number of hydrogen-bond acceptors (Lipinski definition) is 4. The highest BCUT2D eigenvalue weighted by atomic mass is 16.3. The lowest BCUT2D eigenvalue weighted by atomic mass is 9.93. The molecule has 0 aliphatic carbocycles.